The van der Waals surface area contributed by atoms with Gasteiger partial charge >= 0.3 is 0 Å². The number of hydrogen-bond acceptors (Lipinski definition) is 3. The van der Waals surface area contributed by atoms with E-state index in [4.69, 9.17) is 5.73 Å². The standard InChI is InChI=1S/C13H16N2S/c14-8-12(7-13-9-15-10-16-13)6-11-4-2-1-3-5-11/h1-5,9-10,12H,6-8,14H2. The zero-order valence-electron chi connectivity index (χ0n) is 9.17. The predicted molar refractivity (Wildman–Crippen MR) is 68.5 cm³/mol. The minimum Gasteiger partial charge on any atom is -0.330 e. The largest absolute Gasteiger partial charge is 0.330 e. The topological polar surface area (TPSA) is 38.9 Å². The summed E-state index contributed by atoms with van der Waals surface area (Å²) in [6, 6.07) is 10.5. The van der Waals surface area contributed by atoms with Crippen LogP contribution >= 0.6 is 11.3 Å². The second kappa shape index (κ2) is 5.77. The second-order valence-electron chi connectivity index (χ2n) is 3.96. The van der Waals surface area contributed by atoms with E-state index in [1.54, 1.807) is 11.3 Å². The van der Waals surface area contributed by atoms with Crippen LogP contribution in [0.25, 0.3) is 0 Å². The van der Waals surface area contributed by atoms with Crippen LogP contribution in [0.15, 0.2) is 42.0 Å². The molecule has 0 saturated heterocycles. The fourth-order valence-corrected chi connectivity index (χ4v) is 2.52. The zero-order chi connectivity index (χ0) is 11.2. The molecule has 0 aliphatic heterocycles. The molecular formula is C13H16N2S. The zero-order valence-corrected chi connectivity index (χ0v) is 9.99. The lowest BCUT2D eigenvalue weighted by molar-refractivity contribution is 0.537. The van der Waals surface area contributed by atoms with Gasteiger partial charge in [0.1, 0.15) is 0 Å². The average molecular weight is 232 g/mol. The van der Waals surface area contributed by atoms with Crippen LogP contribution in [0.1, 0.15) is 10.4 Å². The molecule has 0 amide bonds. The molecule has 0 aliphatic rings. The Morgan fingerprint density at radius 3 is 2.62 bits per heavy atom. The molecule has 0 spiro atoms. The molecule has 0 saturated carbocycles. The van der Waals surface area contributed by atoms with E-state index in [9.17, 15) is 0 Å². The lowest BCUT2D eigenvalue weighted by Gasteiger charge is -2.13. The van der Waals surface area contributed by atoms with Crippen LogP contribution in [0.4, 0.5) is 0 Å². The molecule has 2 nitrogen and oxygen atoms in total. The first-order valence-corrected chi connectivity index (χ1v) is 6.38. The number of rotatable bonds is 5. The molecule has 1 atom stereocenters. The van der Waals surface area contributed by atoms with Crippen LogP contribution in [0, 0.1) is 5.92 Å². The Morgan fingerprint density at radius 1 is 1.19 bits per heavy atom. The minimum atomic E-state index is 0.517. The SMILES string of the molecule is NCC(Cc1ccccc1)Cc1cncs1. The van der Waals surface area contributed by atoms with Crippen LogP contribution in [-0.4, -0.2) is 11.5 Å². The molecule has 0 aliphatic carbocycles. The Morgan fingerprint density at radius 2 is 2.00 bits per heavy atom. The molecule has 1 aromatic carbocycles. The number of aromatic nitrogens is 1. The van der Waals surface area contributed by atoms with Crippen molar-refractivity contribution in [1.29, 1.82) is 0 Å². The van der Waals surface area contributed by atoms with Crippen molar-refractivity contribution in [3.63, 3.8) is 0 Å². The summed E-state index contributed by atoms with van der Waals surface area (Å²) in [4.78, 5) is 5.42. The van der Waals surface area contributed by atoms with Crippen molar-refractivity contribution in [2.45, 2.75) is 12.8 Å². The van der Waals surface area contributed by atoms with Gasteiger partial charge in [0.25, 0.3) is 0 Å². The van der Waals surface area contributed by atoms with Crippen LogP contribution in [0.5, 0.6) is 0 Å². The number of nitrogens with zero attached hydrogens (tertiary/aromatic N) is 1. The molecule has 1 unspecified atom stereocenters. The average Bonchev–Trinajstić information content (AvgIpc) is 2.82. The Hall–Kier alpha value is -1.19. The highest BCUT2D eigenvalue weighted by Gasteiger charge is 2.09. The molecule has 0 bridgehead atoms. The van der Waals surface area contributed by atoms with Gasteiger partial charge in [0, 0.05) is 11.1 Å². The summed E-state index contributed by atoms with van der Waals surface area (Å²) in [5.41, 5.74) is 9.07. The molecule has 1 heterocycles. The van der Waals surface area contributed by atoms with E-state index in [0.717, 1.165) is 19.4 Å². The highest BCUT2D eigenvalue weighted by Crippen LogP contribution is 2.16. The van der Waals surface area contributed by atoms with Crippen molar-refractivity contribution in [1.82, 2.24) is 4.98 Å². The van der Waals surface area contributed by atoms with Gasteiger partial charge in [-0.25, -0.2) is 0 Å². The molecule has 2 N–H and O–H groups in total. The van der Waals surface area contributed by atoms with Gasteiger partial charge in [-0.15, -0.1) is 11.3 Å². The first-order chi connectivity index (χ1) is 7.88. The van der Waals surface area contributed by atoms with E-state index in [0.29, 0.717) is 5.92 Å². The summed E-state index contributed by atoms with van der Waals surface area (Å²) >= 11 is 1.71. The van der Waals surface area contributed by atoms with Crippen molar-refractivity contribution in [2.24, 2.45) is 11.7 Å². The monoisotopic (exact) mass is 232 g/mol. The van der Waals surface area contributed by atoms with Gasteiger partial charge < -0.3 is 5.73 Å². The Bertz CT molecular complexity index is 397. The van der Waals surface area contributed by atoms with E-state index in [1.807, 2.05) is 17.8 Å². The number of benzene rings is 1. The summed E-state index contributed by atoms with van der Waals surface area (Å²) in [6.45, 7) is 0.729. The lowest BCUT2D eigenvalue weighted by Crippen LogP contribution is -2.18. The molecule has 0 fully saturated rings. The highest BCUT2D eigenvalue weighted by molar-refractivity contribution is 7.09. The maximum Gasteiger partial charge on any atom is 0.0794 e. The summed E-state index contributed by atoms with van der Waals surface area (Å²) in [6.07, 6.45) is 4.03. The quantitative estimate of drug-likeness (QED) is 0.860. The van der Waals surface area contributed by atoms with Crippen molar-refractivity contribution in [3.8, 4) is 0 Å². The lowest BCUT2D eigenvalue weighted by atomic mass is 9.96. The fraction of sp³-hybridized carbons (Fsp3) is 0.308. The van der Waals surface area contributed by atoms with Gasteiger partial charge in [-0.2, -0.15) is 0 Å². The first-order valence-electron chi connectivity index (χ1n) is 5.50. The van der Waals surface area contributed by atoms with Crippen LogP contribution < -0.4 is 5.73 Å². The fourth-order valence-electron chi connectivity index (χ4n) is 1.81. The maximum absolute atomic E-state index is 5.82. The molecule has 2 rings (SSSR count). The molecule has 3 heteroatoms. The van der Waals surface area contributed by atoms with E-state index in [1.165, 1.54) is 10.4 Å². The van der Waals surface area contributed by atoms with E-state index >= 15 is 0 Å². The maximum atomic E-state index is 5.82. The second-order valence-corrected chi connectivity index (χ2v) is 4.93. The number of thiazole rings is 1. The van der Waals surface area contributed by atoms with Gasteiger partial charge in [-0.05, 0) is 30.9 Å². The van der Waals surface area contributed by atoms with Gasteiger partial charge in [-0.3, -0.25) is 4.98 Å². The third-order valence-electron chi connectivity index (χ3n) is 2.67. The van der Waals surface area contributed by atoms with Gasteiger partial charge in [0.2, 0.25) is 0 Å². The van der Waals surface area contributed by atoms with Crippen LogP contribution in [0.2, 0.25) is 0 Å². The normalized spacial score (nSPS) is 12.6. The smallest absolute Gasteiger partial charge is 0.0794 e. The number of nitrogens with two attached hydrogens (primary N) is 1. The van der Waals surface area contributed by atoms with Gasteiger partial charge in [0.15, 0.2) is 0 Å². The van der Waals surface area contributed by atoms with E-state index in [-0.39, 0.29) is 0 Å². The molecule has 84 valence electrons. The van der Waals surface area contributed by atoms with Crippen molar-refractivity contribution in [3.05, 3.63) is 52.5 Å². The summed E-state index contributed by atoms with van der Waals surface area (Å²) in [5.74, 6) is 0.517. The van der Waals surface area contributed by atoms with Crippen molar-refractivity contribution >= 4 is 11.3 Å². The van der Waals surface area contributed by atoms with Gasteiger partial charge in [-0.1, -0.05) is 30.3 Å². The molecule has 2 aromatic rings. The third kappa shape index (κ3) is 3.15. The van der Waals surface area contributed by atoms with Crippen molar-refractivity contribution in [2.75, 3.05) is 6.54 Å². The summed E-state index contributed by atoms with van der Waals surface area (Å²) < 4.78 is 0. The first kappa shape index (κ1) is 11.3. The Balaban J connectivity index is 1.96. The van der Waals surface area contributed by atoms with E-state index < -0.39 is 0 Å². The summed E-state index contributed by atoms with van der Waals surface area (Å²) in [7, 11) is 0. The number of hydrogen-bond donors (Lipinski definition) is 1. The van der Waals surface area contributed by atoms with Crippen LogP contribution in [-0.2, 0) is 12.8 Å². The van der Waals surface area contributed by atoms with Gasteiger partial charge in [0.05, 0.1) is 5.51 Å². The van der Waals surface area contributed by atoms with Crippen molar-refractivity contribution < 1.29 is 0 Å². The third-order valence-corrected chi connectivity index (χ3v) is 3.48. The Kier molecular flexibility index (Phi) is 4.08. The minimum absolute atomic E-state index is 0.517. The molecule has 1 aromatic heterocycles. The Labute approximate surface area is 100 Å². The summed E-state index contributed by atoms with van der Waals surface area (Å²) in [5, 5.41) is 0. The highest BCUT2D eigenvalue weighted by atomic mass is 32.1. The van der Waals surface area contributed by atoms with E-state index in [2.05, 4.69) is 29.2 Å². The van der Waals surface area contributed by atoms with Crippen LogP contribution in [0.3, 0.4) is 0 Å². The molecular weight excluding hydrogens is 216 g/mol. The molecule has 16 heavy (non-hydrogen) atoms. The predicted octanol–water partition coefficient (Wildman–Crippen LogP) is 2.50. The molecule has 0 radical (unpaired) electrons.